The molecule has 2 atom stereocenters. The van der Waals surface area contributed by atoms with Gasteiger partial charge in [-0.25, -0.2) is 0 Å². The van der Waals surface area contributed by atoms with Gasteiger partial charge in [0, 0.05) is 45.9 Å². The third kappa shape index (κ3) is 4.93. The molecule has 55 heavy (non-hydrogen) atoms. The first-order chi connectivity index (χ1) is 26.8. The molecule has 11 rings (SSSR count). The highest BCUT2D eigenvalue weighted by Gasteiger charge is 2.39. The van der Waals surface area contributed by atoms with Crippen LogP contribution in [-0.2, 0) is 11.8 Å². The Morgan fingerprint density at radius 3 is 2.25 bits per heavy atom. The van der Waals surface area contributed by atoms with E-state index in [2.05, 4.69) is 183 Å². The average molecular weight is 713 g/mol. The Morgan fingerprint density at radius 1 is 0.655 bits per heavy atom. The van der Waals surface area contributed by atoms with Crippen molar-refractivity contribution in [3.63, 3.8) is 0 Å². The van der Waals surface area contributed by atoms with Gasteiger partial charge in [0.05, 0.1) is 6.04 Å². The van der Waals surface area contributed by atoms with Gasteiger partial charge in [0.25, 0.3) is 0 Å². The fourth-order valence-electron chi connectivity index (χ4n) is 10.9. The van der Waals surface area contributed by atoms with Gasteiger partial charge in [-0.3, -0.25) is 0 Å². The first-order valence-corrected chi connectivity index (χ1v) is 20.4. The minimum atomic E-state index is -0.104. The number of fused-ring (bicyclic) bond motifs is 5. The third-order valence-electron chi connectivity index (χ3n) is 13.7. The summed E-state index contributed by atoms with van der Waals surface area (Å²) < 4.78 is 0. The van der Waals surface area contributed by atoms with Crippen molar-refractivity contribution >= 4 is 61.5 Å². The molecule has 2 heteroatoms. The molecule has 2 nitrogen and oxygen atoms in total. The molecule has 0 amide bonds. The van der Waals surface area contributed by atoms with Crippen LogP contribution in [0.15, 0.2) is 133 Å². The van der Waals surface area contributed by atoms with Gasteiger partial charge in [-0.15, -0.1) is 0 Å². The van der Waals surface area contributed by atoms with Crippen LogP contribution >= 0.6 is 0 Å². The SMILES string of the molecule is CC1(C)c2cc(C=Cc3ccc4ccc5c(N6CCCC7C=CC=CC76)ccc6ccc3c4c65)ccc2-c2ccc(N3c4ccccc4CCC3(C)C)cc21. The highest BCUT2D eigenvalue weighted by Crippen LogP contribution is 2.52. The zero-order chi connectivity index (χ0) is 37.1. The number of nitrogens with zero attached hydrogens (tertiary/aromatic N) is 2. The highest BCUT2D eigenvalue weighted by molar-refractivity contribution is 6.26. The van der Waals surface area contributed by atoms with E-state index in [0.29, 0.717) is 12.0 Å². The van der Waals surface area contributed by atoms with Crippen molar-refractivity contribution in [3.8, 4) is 11.1 Å². The van der Waals surface area contributed by atoms with Crippen molar-refractivity contribution in [3.05, 3.63) is 161 Å². The van der Waals surface area contributed by atoms with Crippen LogP contribution < -0.4 is 9.80 Å². The fraction of sp³-hybridized carbons (Fsp3) is 0.245. The number of hydrogen-bond donors (Lipinski definition) is 0. The fourth-order valence-corrected chi connectivity index (χ4v) is 10.9. The number of allylic oxidation sites excluding steroid dienone is 2. The Labute approximate surface area is 325 Å². The number of anilines is 3. The number of aryl methyl sites for hydroxylation is 1. The van der Waals surface area contributed by atoms with Crippen molar-refractivity contribution in [2.75, 3.05) is 16.3 Å². The van der Waals surface area contributed by atoms with E-state index >= 15 is 0 Å². The second-order valence-electron chi connectivity index (χ2n) is 17.7. The van der Waals surface area contributed by atoms with Crippen molar-refractivity contribution in [1.29, 1.82) is 0 Å². The third-order valence-corrected chi connectivity index (χ3v) is 13.7. The van der Waals surface area contributed by atoms with E-state index < -0.39 is 0 Å². The number of para-hydroxylation sites is 1. The number of hydrogen-bond acceptors (Lipinski definition) is 2. The van der Waals surface area contributed by atoms with Crippen molar-refractivity contribution < 1.29 is 0 Å². The summed E-state index contributed by atoms with van der Waals surface area (Å²) in [5, 5.41) is 8.11. The molecular formula is C53H48N2. The van der Waals surface area contributed by atoms with Crippen LogP contribution in [0.3, 0.4) is 0 Å². The van der Waals surface area contributed by atoms with Gasteiger partial charge in [0.15, 0.2) is 0 Å². The van der Waals surface area contributed by atoms with Crippen LogP contribution in [0.4, 0.5) is 17.1 Å². The van der Waals surface area contributed by atoms with E-state index in [1.165, 1.54) is 101 Å². The molecule has 0 N–H and O–H groups in total. The van der Waals surface area contributed by atoms with Crippen molar-refractivity contribution in [2.24, 2.45) is 5.92 Å². The van der Waals surface area contributed by atoms with Crippen LogP contribution in [0.1, 0.15) is 74.8 Å². The quantitative estimate of drug-likeness (QED) is 0.132. The van der Waals surface area contributed by atoms with E-state index in [0.717, 1.165) is 19.4 Å². The summed E-state index contributed by atoms with van der Waals surface area (Å²) >= 11 is 0. The lowest BCUT2D eigenvalue weighted by Crippen LogP contribution is -2.44. The summed E-state index contributed by atoms with van der Waals surface area (Å²) in [7, 11) is 0. The minimum Gasteiger partial charge on any atom is -0.364 e. The van der Waals surface area contributed by atoms with Gasteiger partial charge in [0.1, 0.15) is 0 Å². The van der Waals surface area contributed by atoms with Gasteiger partial charge in [-0.05, 0) is 130 Å². The first-order valence-electron chi connectivity index (χ1n) is 20.4. The number of piperidine rings is 1. The van der Waals surface area contributed by atoms with Gasteiger partial charge in [-0.2, -0.15) is 0 Å². The van der Waals surface area contributed by atoms with Gasteiger partial charge in [0.2, 0.25) is 0 Å². The molecule has 2 aliphatic carbocycles. The van der Waals surface area contributed by atoms with E-state index in [1.54, 1.807) is 0 Å². The molecule has 2 aliphatic heterocycles. The summed E-state index contributed by atoms with van der Waals surface area (Å²) in [6.07, 6.45) is 18.7. The molecule has 7 aromatic rings. The Kier molecular flexibility index (Phi) is 7.13. The van der Waals surface area contributed by atoms with Gasteiger partial charge < -0.3 is 9.80 Å². The summed E-state index contributed by atoms with van der Waals surface area (Å²) in [5.41, 5.74) is 13.5. The predicted molar refractivity (Wildman–Crippen MR) is 236 cm³/mol. The van der Waals surface area contributed by atoms with Crippen LogP contribution in [0.25, 0.3) is 55.6 Å². The molecule has 1 fully saturated rings. The zero-order valence-corrected chi connectivity index (χ0v) is 32.4. The molecule has 2 unspecified atom stereocenters. The van der Waals surface area contributed by atoms with E-state index in [4.69, 9.17) is 0 Å². The molecule has 2 heterocycles. The molecule has 270 valence electrons. The maximum Gasteiger partial charge on any atom is 0.0539 e. The standard InChI is InChI=1S/C53H48N2/c1-52(2)30-29-37-11-6-8-14-48(37)55(52)40-23-27-43-42-24-16-34(32-45(42)53(3,4)46(43)33-40)15-17-35-18-19-38-21-26-44-49(28-22-39-20-25-41(35)50(38)51(39)44)54-31-9-12-36-10-5-7-13-47(36)54/h5-8,10-11,13-28,32-33,36,47H,9,12,29-31H2,1-4H3. The van der Waals surface area contributed by atoms with Gasteiger partial charge in [-0.1, -0.05) is 135 Å². The van der Waals surface area contributed by atoms with Crippen molar-refractivity contribution in [2.45, 2.75) is 70.4 Å². The summed E-state index contributed by atoms with van der Waals surface area (Å²) in [6, 6.07) is 42.5. The average Bonchev–Trinajstić information content (AvgIpc) is 3.43. The van der Waals surface area contributed by atoms with Crippen LogP contribution in [0.2, 0.25) is 0 Å². The molecule has 0 spiro atoms. The Bertz CT molecular complexity index is 2770. The molecule has 0 saturated carbocycles. The largest absolute Gasteiger partial charge is 0.364 e. The molecule has 0 bridgehead atoms. The Morgan fingerprint density at radius 2 is 1.38 bits per heavy atom. The van der Waals surface area contributed by atoms with E-state index in [9.17, 15) is 0 Å². The summed E-state index contributed by atoms with van der Waals surface area (Å²) in [5.74, 6) is 0.593. The van der Waals surface area contributed by atoms with Crippen LogP contribution in [-0.4, -0.2) is 18.1 Å². The zero-order valence-electron chi connectivity index (χ0n) is 32.4. The van der Waals surface area contributed by atoms with Crippen LogP contribution in [0.5, 0.6) is 0 Å². The summed E-state index contributed by atoms with van der Waals surface area (Å²) in [6.45, 7) is 10.7. The summed E-state index contributed by atoms with van der Waals surface area (Å²) in [4.78, 5) is 5.26. The van der Waals surface area contributed by atoms with Gasteiger partial charge >= 0.3 is 0 Å². The molecule has 7 aromatic carbocycles. The number of benzene rings is 7. The molecule has 0 aromatic heterocycles. The normalized spacial score (nSPS) is 20.7. The highest BCUT2D eigenvalue weighted by atomic mass is 15.2. The van der Waals surface area contributed by atoms with E-state index in [1.807, 2.05) is 0 Å². The molecular weight excluding hydrogens is 665 g/mol. The van der Waals surface area contributed by atoms with Crippen LogP contribution in [0, 0.1) is 5.92 Å². The topological polar surface area (TPSA) is 6.48 Å². The monoisotopic (exact) mass is 712 g/mol. The lowest BCUT2D eigenvalue weighted by molar-refractivity contribution is 0.422. The lowest BCUT2D eigenvalue weighted by atomic mass is 9.81. The van der Waals surface area contributed by atoms with Crippen molar-refractivity contribution in [1.82, 2.24) is 0 Å². The first kappa shape index (κ1) is 32.8. The minimum absolute atomic E-state index is 0.0465. The number of rotatable bonds is 4. The maximum atomic E-state index is 2.67. The maximum absolute atomic E-state index is 2.67. The Balaban J connectivity index is 0.949. The van der Waals surface area contributed by atoms with E-state index in [-0.39, 0.29) is 11.0 Å². The molecule has 1 saturated heterocycles. The lowest BCUT2D eigenvalue weighted by Gasteiger charge is -2.45. The smallest absolute Gasteiger partial charge is 0.0539 e. The molecule has 0 radical (unpaired) electrons. The Hall–Kier alpha value is -5.60. The second kappa shape index (κ2) is 11.9. The molecule has 4 aliphatic rings. The second-order valence-corrected chi connectivity index (χ2v) is 17.7. The predicted octanol–water partition coefficient (Wildman–Crippen LogP) is 13.6.